The van der Waals surface area contributed by atoms with E-state index >= 15 is 0 Å². The molecule has 5 heteroatoms. The maximum absolute atomic E-state index is 11.4. The summed E-state index contributed by atoms with van der Waals surface area (Å²) in [6.45, 7) is 1.71. The van der Waals surface area contributed by atoms with Crippen molar-refractivity contribution in [1.82, 2.24) is 0 Å². The number of hydrogen-bond donors (Lipinski definition) is 2. The minimum Gasteiger partial charge on any atom is -0.479 e. The van der Waals surface area contributed by atoms with E-state index in [4.69, 9.17) is 16.7 Å². The Kier molecular flexibility index (Phi) is 4.04. The number of aliphatic hydroxyl groups excluding tert-OH is 1. The molecule has 1 rings (SSSR count). The monoisotopic (exact) mass is 242 g/mol. The summed E-state index contributed by atoms with van der Waals surface area (Å²) in [4.78, 5) is 21.9. The predicted octanol–water partition coefficient (Wildman–Crippen LogP) is 2.05. The summed E-state index contributed by atoms with van der Waals surface area (Å²) in [5.74, 6) is -1.48. The normalized spacial score (nSPS) is 12.2. The number of carbonyl (C=O) groups is 2. The van der Waals surface area contributed by atoms with Gasteiger partial charge in [-0.25, -0.2) is 4.79 Å². The molecule has 0 bridgehead atoms. The van der Waals surface area contributed by atoms with Crippen LogP contribution < -0.4 is 0 Å². The molecule has 0 spiro atoms. The molecular weight excluding hydrogens is 232 g/mol. The van der Waals surface area contributed by atoms with E-state index in [1.54, 1.807) is 6.92 Å². The van der Waals surface area contributed by atoms with E-state index in [0.29, 0.717) is 12.0 Å². The molecule has 16 heavy (non-hydrogen) atoms. The van der Waals surface area contributed by atoms with Crippen LogP contribution in [0, 0.1) is 0 Å². The Balaban J connectivity index is 3.08. The predicted molar refractivity (Wildman–Crippen MR) is 58.7 cm³/mol. The number of hydrogen-bond acceptors (Lipinski definition) is 3. The number of carboxylic acids is 1. The van der Waals surface area contributed by atoms with Gasteiger partial charge in [0.15, 0.2) is 11.9 Å². The fourth-order valence-electron chi connectivity index (χ4n) is 1.26. The molecule has 0 aliphatic carbocycles. The van der Waals surface area contributed by atoms with Gasteiger partial charge in [0, 0.05) is 12.0 Å². The highest BCUT2D eigenvalue weighted by molar-refractivity contribution is 6.34. The Morgan fingerprint density at radius 1 is 1.44 bits per heavy atom. The minimum atomic E-state index is -1.62. The first kappa shape index (κ1) is 12.7. The summed E-state index contributed by atoms with van der Waals surface area (Å²) < 4.78 is 0. The van der Waals surface area contributed by atoms with Crippen LogP contribution >= 0.6 is 11.6 Å². The van der Waals surface area contributed by atoms with Gasteiger partial charge < -0.3 is 10.2 Å². The maximum Gasteiger partial charge on any atom is 0.337 e. The van der Waals surface area contributed by atoms with Crippen molar-refractivity contribution in [3.63, 3.8) is 0 Å². The lowest BCUT2D eigenvalue weighted by Gasteiger charge is -2.08. The molecule has 1 unspecified atom stereocenters. The number of carboxylic acid groups (broad SMARTS) is 1. The molecule has 0 saturated carbocycles. The molecule has 1 atom stereocenters. The second-order valence-corrected chi connectivity index (χ2v) is 3.66. The van der Waals surface area contributed by atoms with Crippen LogP contribution in [-0.4, -0.2) is 22.0 Å². The topological polar surface area (TPSA) is 74.6 Å². The average Bonchev–Trinajstić information content (AvgIpc) is 2.26. The SMILES string of the molecule is CCC(=O)c1ccc(C(O)C(=O)O)cc1Cl. The highest BCUT2D eigenvalue weighted by Gasteiger charge is 2.18. The highest BCUT2D eigenvalue weighted by atomic mass is 35.5. The number of ketones is 1. The smallest absolute Gasteiger partial charge is 0.337 e. The van der Waals surface area contributed by atoms with Gasteiger partial charge in [0.05, 0.1) is 5.02 Å². The summed E-state index contributed by atoms with van der Waals surface area (Å²) >= 11 is 5.83. The van der Waals surface area contributed by atoms with E-state index in [1.807, 2.05) is 0 Å². The summed E-state index contributed by atoms with van der Waals surface area (Å²) in [5, 5.41) is 18.0. The summed E-state index contributed by atoms with van der Waals surface area (Å²) in [7, 11) is 0. The second kappa shape index (κ2) is 5.09. The molecule has 0 aliphatic rings. The van der Waals surface area contributed by atoms with Crippen LogP contribution in [0.3, 0.4) is 0 Å². The minimum absolute atomic E-state index is 0.124. The van der Waals surface area contributed by atoms with E-state index in [2.05, 4.69) is 0 Å². The van der Waals surface area contributed by atoms with Crippen molar-refractivity contribution in [2.75, 3.05) is 0 Å². The first-order valence-corrected chi connectivity index (χ1v) is 5.08. The molecule has 0 heterocycles. The first-order valence-electron chi connectivity index (χ1n) is 4.71. The number of aliphatic carboxylic acids is 1. The number of aliphatic hydroxyl groups is 1. The summed E-state index contributed by atoms with van der Waals surface area (Å²) in [6, 6.07) is 4.10. The van der Waals surface area contributed by atoms with Crippen molar-refractivity contribution in [1.29, 1.82) is 0 Å². The third kappa shape index (κ3) is 2.59. The van der Waals surface area contributed by atoms with Crippen LogP contribution in [-0.2, 0) is 4.79 Å². The number of carbonyl (C=O) groups excluding carboxylic acids is 1. The Labute approximate surface area is 97.5 Å². The number of benzene rings is 1. The molecule has 0 fully saturated rings. The van der Waals surface area contributed by atoms with Crippen LogP contribution in [0.2, 0.25) is 5.02 Å². The standard InChI is InChI=1S/C11H11ClO4/c1-2-9(13)7-4-3-6(5-8(7)12)10(14)11(15)16/h3-5,10,14H,2H2,1H3,(H,15,16). The molecule has 0 radical (unpaired) electrons. The van der Waals surface area contributed by atoms with Crippen molar-refractivity contribution in [3.8, 4) is 0 Å². The molecule has 1 aromatic carbocycles. The van der Waals surface area contributed by atoms with Crippen LogP contribution in [0.4, 0.5) is 0 Å². The molecule has 0 aliphatic heterocycles. The molecule has 1 aromatic rings. The van der Waals surface area contributed by atoms with Gasteiger partial charge in [-0.05, 0) is 17.7 Å². The van der Waals surface area contributed by atoms with Crippen molar-refractivity contribution in [2.45, 2.75) is 19.4 Å². The van der Waals surface area contributed by atoms with Crippen molar-refractivity contribution >= 4 is 23.4 Å². The van der Waals surface area contributed by atoms with Crippen molar-refractivity contribution in [3.05, 3.63) is 34.3 Å². The zero-order valence-corrected chi connectivity index (χ0v) is 9.36. The van der Waals surface area contributed by atoms with Crippen LogP contribution in [0.5, 0.6) is 0 Å². The summed E-state index contributed by atoms with van der Waals surface area (Å²) in [6.07, 6.45) is -1.30. The van der Waals surface area contributed by atoms with Gasteiger partial charge in [0.1, 0.15) is 0 Å². The van der Waals surface area contributed by atoms with Gasteiger partial charge in [0.25, 0.3) is 0 Å². The average molecular weight is 243 g/mol. The van der Waals surface area contributed by atoms with Gasteiger partial charge in [0.2, 0.25) is 0 Å². The van der Waals surface area contributed by atoms with Crippen LogP contribution in [0.1, 0.15) is 35.4 Å². The number of halogens is 1. The lowest BCUT2D eigenvalue weighted by molar-refractivity contribution is -0.146. The van der Waals surface area contributed by atoms with E-state index < -0.39 is 12.1 Å². The quantitative estimate of drug-likeness (QED) is 0.793. The molecule has 0 aromatic heterocycles. The Hall–Kier alpha value is -1.39. The molecular formula is C11H11ClO4. The largest absolute Gasteiger partial charge is 0.479 e. The molecule has 4 nitrogen and oxygen atoms in total. The van der Waals surface area contributed by atoms with E-state index in [9.17, 15) is 14.7 Å². The van der Waals surface area contributed by atoms with Gasteiger partial charge in [-0.2, -0.15) is 0 Å². The number of Topliss-reactive ketones (excluding diaryl/α,β-unsaturated/α-hetero) is 1. The lowest BCUT2D eigenvalue weighted by atomic mass is 10.0. The zero-order chi connectivity index (χ0) is 12.3. The van der Waals surface area contributed by atoms with Crippen LogP contribution in [0.15, 0.2) is 18.2 Å². The van der Waals surface area contributed by atoms with Gasteiger partial charge in [-0.1, -0.05) is 24.6 Å². The molecule has 2 N–H and O–H groups in total. The van der Waals surface area contributed by atoms with Crippen LogP contribution in [0.25, 0.3) is 0 Å². The third-order valence-electron chi connectivity index (χ3n) is 2.16. The van der Waals surface area contributed by atoms with E-state index in [0.717, 1.165) is 0 Å². The summed E-state index contributed by atoms with van der Waals surface area (Å²) in [5.41, 5.74) is 0.496. The van der Waals surface area contributed by atoms with Crippen molar-refractivity contribution < 1.29 is 19.8 Å². The Bertz CT molecular complexity index is 428. The fourth-order valence-corrected chi connectivity index (χ4v) is 1.55. The Morgan fingerprint density at radius 2 is 2.06 bits per heavy atom. The third-order valence-corrected chi connectivity index (χ3v) is 2.48. The van der Waals surface area contributed by atoms with Crippen molar-refractivity contribution in [2.24, 2.45) is 0 Å². The molecule has 0 saturated heterocycles. The molecule has 0 amide bonds. The highest BCUT2D eigenvalue weighted by Crippen LogP contribution is 2.23. The lowest BCUT2D eigenvalue weighted by Crippen LogP contribution is -2.11. The van der Waals surface area contributed by atoms with Gasteiger partial charge >= 0.3 is 5.97 Å². The number of rotatable bonds is 4. The van der Waals surface area contributed by atoms with Gasteiger partial charge in [-0.3, -0.25) is 4.79 Å². The van der Waals surface area contributed by atoms with Gasteiger partial charge in [-0.15, -0.1) is 0 Å². The first-order chi connectivity index (χ1) is 7.47. The van der Waals surface area contributed by atoms with E-state index in [1.165, 1.54) is 18.2 Å². The zero-order valence-electron chi connectivity index (χ0n) is 8.61. The second-order valence-electron chi connectivity index (χ2n) is 3.26. The fraction of sp³-hybridized carbons (Fsp3) is 0.273. The Morgan fingerprint density at radius 3 is 2.50 bits per heavy atom. The molecule has 86 valence electrons. The maximum atomic E-state index is 11.4. The van der Waals surface area contributed by atoms with E-state index in [-0.39, 0.29) is 16.4 Å².